The summed E-state index contributed by atoms with van der Waals surface area (Å²) in [7, 11) is 0. The van der Waals surface area contributed by atoms with E-state index in [1.54, 1.807) is 42.5 Å². The van der Waals surface area contributed by atoms with Crippen molar-refractivity contribution in [2.24, 2.45) is 33.7 Å². The van der Waals surface area contributed by atoms with Crippen molar-refractivity contribution < 1.29 is 57.8 Å². The van der Waals surface area contributed by atoms with Crippen molar-refractivity contribution in [2.75, 3.05) is 31.1 Å². The van der Waals surface area contributed by atoms with Crippen LogP contribution in [0.3, 0.4) is 0 Å². The van der Waals surface area contributed by atoms with E-state index in [1.807, 2.05) is 0 Å². The number of nitrogens with zero attached hydrogens (tertiary/aromatic N) is 2. The fourth-order valence-electron chi connectivity index (χ4n) is 7.59. The topological polar surface area (TPSA) is 438 Å². The first-order chi connectivity index (χ1) is 35.1. The van der Waals surface area contributed by atoms with Gasteiger partial charge in [-0.15, -0.1) is 0 Å². The minimum atomic E-state index is -1.79. The molecule has 0 aromatic heterocycles. The molecule has 1 fully saturated rings. The molecule has 2 aromatic rings. The van der Waals surface area contributed by atoms with Crippen molar-refractivity contribution >= 4 is 96.2 Å². The van der Waals surface area contributed by atoms with Crippen LogP contribution in [0, 0.1) is 0 Å². The molecule has 0 aliphatic carbocycles. The van der Waals surface area contributed by atoms with Gasteiger partial charge in [0.05, 0.1) is 13.0 Å². The highest BCUT2D eigenvalue weighted by atomic mass is 32.1. The molecule has 0 spiro atoms. The van der Waals surface area contributed by atoms with Crippen LogP contribution >= 0.6 is 25.3 Å². The number of aliphatic imine (C=N–C) groups is 1. The number of carbonyl (C=O) groups excluding carboxylic acids is 11. The summed E-state index contributed by atoms with van der Waals surface area (Å²) in [6.45, 7) is -0.371. The standard InChI is InChI=1S/C46H66N14O12S2/c47-35(62)15-14-29(55-42(69)31(20-25-6-2-1-3-7-25)57-41(68)30(54-38(65)16-19-73)21-26-10-12-27(61)13-11-26)40(67)58-32(22-36(48)63)43(70)59-33(24-74)45(72)60-18-5-9-34(60)44(71)56-28(8-4-17-52-46(50)51)39(66)53-23-37(49)64/h1-3,6-7,10-13,28-34,61,73-74H,4-5,8-9,14-24H2,(H2,47,62)(H2,48,63)(H2,49,64)(H,53,66)(H,54,65)(H,55,69)(H,56,71)(H,57,68)(H,58,67)(H,59,70)(H4,50,51,52)/t28-,29-,30-,31-,32-,33-,34-/m0/s1. The third-order valence-corrected chi connectivity index (χ3v) is 11.9. The van der Waals surface area contributed by atoms with Gasteiger partial charge in [0.1, 0.15) is 48.0 Å². The van der Waals surface area contributed by atoms with E-state index in [0.29, 0.717) is 17.5 Å². The molecule has 1 aliphatic rings. The minimum absolute atomic E-state index is 0.0233. The second-order valence-electron chi connectivity index (χ2n) is 17.1. The first kappa shape index (κ1) is 60.7. The van der Waals surface area contributed by atoms with Crippen LogP contribution in [-0.4, -0.2) is 154 Å². The third-order valence-electron chi connectivity index (χ3n) is 11.3. The first-order valence-corrected chi connectivity index (χ1v) is 24.7. The summed E-state index contributed by atoms with van der Waals surface area (Å²) < 4.78 is 0. The summed E-state index contributed by atoms with van der Waals surface area (Å²) in [5.74, 6) is -9.93. The van der Waals surface area contributed by atoms with Gasteiger partial charge in [0.15, 0.2) is 5.96 Å². The van der Waals surface area contributed by atoms with Gasteiger partial charge in [-0.1, -0.05) is 42.5 Å². The number of benzene rings is 2. The summed E-state index contributed by atoms with van der Waals surface area (Å²) >= 11 is 8.33. The van der Waals surface area contributed by atoms with Gasteiger partial charge in [-0.25, -0.2) is 0 Å². The van der Waals surface area contributed by atoms with Crippen molar-refractivity contribution in [1.29, 1.82) is 0 Å². The number of hydrogen-bond donors (Lipinski definition) is 15. The van der Waals surface area contributed by atoms with Crippen LogP contribution in [0.25, 0.3) is 0 Å². The lowest BCUT2D eigenvalue weighted by Crippen LogP contribution is -2.61. The Labute approximate surface area is 437 Å². The zero-order chi connectivity index (χ0) is 54.9. The van der Waals surface area contributed by atoms with Gasteiger partial charge in [-0.3, -0.25) is 57.7 Å². The number of rotatable bonds is 31. The molecule has 28 heteroatoms. The predicted octanol–water partition coefficient (Wildman–Crippen LogP) is -4.88. The number of nitrogens with one attached hydrogen (secondary N) is 7. The number of thiol groups is 2. The van der Waals surface area contributed by atoms with E-state index in [-0.39, 0.29) is 74.8 Å². The number of amides is 11. The minimum Gasteiger partial charge on any atom is -0.508 e. The SMILES string of the molecule is NC(=O)CC[C@H](NC(=O)[C@H](Cc1ccccc1)NC(=O)[C@H](Cc1ccc(O)cc1)NC(=O)CCS)C(=O)N[C@@H](CC(N)=O)C(=O)N[C@@H](CS)C(=O)N1CCC[C@H]1C(=O)N[C@@H](CCCN=C(N)N)C(=O)NCC(N)=O. The molecule has 0 unspecified atom stereocenters. The molecule has 11 amide bonds. The van der Waals surface area contributed by atoms with Gasteiger partial charge in [-0.2, -0.15) is 25.3 Å². The number of carbonyl (C=O) groups is 11. The van der Waals surface area contributed by atoms with Crippen LogP contribution in [0.2, 0.25) is 0 Å². The second-order valence-corrected chi connectivity index (χ2v) is 18.0. The molecule has 404 valence electrons. The van der Waals surface area contributed by atoms with Gasteiger partial charge in [0.25, 0.3) is 0 Å². The average molecular weight is 1070 g/mol. The predicted molar refractivity (Wildman–Crippen MR) is 275 cm³/mol. The molecule has 2 aromatic carbocycles. The number of primary amides is 3. The van der Waals surface area contributed by atoms with Gasteiger partial charge in [0, 0.05) is 44.5 Å². The van der Waals surface area contributed by atoms with Gasteiger partial charge < -0.3 is 75.9 Å². The largest absolute Gasteiger partial charge is 0.508 e. The molecular weight excluding hydrogens is 1000 g/mol. The van der Waals surface area contributed by atoms with E-state index >= 15 is 0 Å². The highest BCUT2D eigenvalue weighted by Gasteiger charge is 2.40. The Bertz CT molecular complexity index is 2340. The molecule has 1 aliphatic heterocycles. The van der Waals surface area contributed by atoms with Gasteiger partial charge in [0.2, 0.25) is 65.0 Å². The van der Waals surface area contributed by atoms with Gasteiger partial charge >= 0.3 is 0 Å². The van der Waals surface area contributed by atoms with Gasteiger partial charge in [-0.05, 0) is 61.1 Å². The van der Waals surface area contributed by atoms with Crippen molar-refractivity contribution in [3.8, 4) is 5.75 Å². The maximum Gasteiger partial charge on any atom is 0.246 e. The number of phenols is 1. The molecule has 3 rings (SSSR count). The lowest BCUT2D eigenvalue weighted by atomic mass is 10.0. The number of nitrogens with two attached hydrogens (primary N) is 5. The summed E-state index contributed by atoms with van der Waals surface area (Å²) in [4.78, 5) is 150. The van der Waals surface area contributed by atoms with Crippen molar-refractivity contribution in [2.45, 2.75) is 107 Å². The molecule has 18 N–H and O–H groups in total. The van der Waals surface area contributed by atoms with Crippen LogP contribution in [0.5, 0.6) is 5.75 Å². The Hall–Kier alpha value is -7.62. The van der Waals surface area contributed by atoms with Crippen molar-refractivity contribution in [3.05, 3.63) is 65.7 Å². The molecule has 0 bridgehead atoms. The highest BCUT2D eigenvalue weighted by Crippen LogP contribution is 2.20. The van der Waals surface area contributed by atoms with E-state index in [2.05, 4.69) is 67.5 Å². The number of hydrogen-bond acceptors (Lipinski definition) is 15. The van der Waals surface area contributed by atoms with Crippen LogP contribution in [0.15, 0.2) is 59.6 Å². The number of aromatic hydroxyl groups is 1. The molecule has 7 atom stereocenters. The van der Waals surface area contributed by atoms with Crippen LogP contribution in [0.4, 0.5) is 0 Å². The molecule has 0 saturated carbocycles. The molecule has 0 radical (unpaired) electrons. The lowest BCUT2D eigenvalue weighted by Gasteiger charge is -2.30. The zero-order valence-corrected chi connectivity index (χ0v) is 42.2. The summed E-state index contributed by atoms with van der Waals surface area (Å²) in [5, 5.41) is 27.3. The van der Waals surface area contributed by atoms with Crippen molar-refractivity contribution in [1.82, 2.24) is 42.1 Å². The maximum absolute atomic E-state index is 14.2. The highest BCUT2D eigenvalue weighted by molar-refractivity contribution is 7.80. The molecule has 26 nitrogen and oxygen atoms in total. The maximum atomic E-state index is 14.2. The van der Waals surface area contributed by atoms with E-state index in [4.69, 9.17) is 28.7 Å². The zero-order valence-electron chi connectivity index (χ0n) is 40.5. The van der Waals surface area contributed by atoms with E-state index < -0.39 is 133 Å². The Morgan fingerprint density at radius 3 is 1.76 bits per heavy atom. The summed E-state index contributed by atoms with van der Waals surface area (Å²) in [6, 6.07) is 4.43. The quantitative estimate of drug-likeness (QED) is 0.0146. The Morgan fingerprint density at radius 1 is 0.622 bits per heavy atom. The normalized spacial score (nSPS) is 15.3. The fourth-order valence-corrected chi connectivity index (χ4v) is 8.04. The van der Waals surface area contributed by atoms with Crippen LogP contribution in [-0.2, 0) is 65.6 Å². The third kappa shape index (κ3) is 21.2. The summed E-state index contributed by atoms with van der Waals surface area (Å²) in [5.41, 5.74) is 27.9. The van der Waals surface area contributed by atoms with E-state index in [1.165, 1.54) is 17.0 Å². The number of likely N-dealkylation sites (tertiary alicyclic amines) is 1. The average Bonchev–Trinajstić information content (AvgIpc) is 3.85. The first-order valence-electron chi connectivity index (χ1n) is 23.5. The number of guanidine groups is 1. The Balaban J connectivity index is 1.85. The Kier molecular flexibility index (Phi) is 25.5. The number of phenolic OH excluding ortho intramolecular Hbond substituents is 1. The molecule has 1 heterocycles. The molecule has 1 saturated heterocycles. The molecule has 74 heavy (non-hydrogen) atoms. The second kappa shape index (κ2) is 31.1. The molecular formula is C46H66N14O12S2. The van der Waals surface area contributed by atoms with Crippen LogP contribution in [0.1, 0.15) is 62.5 Å². The van der Waals surface area contributed by atoms with E-state index in [0.717, 1.165) is 0 Å². The smallest absolute Gasteiger partial charge is 0.246 e. The van der Waals surface area contributed by atoms with Crippen molar-refractivity contribution in [3.63, 3.8) is 0 Å². The monoisotopic (exact) mass is 1070 g/mol. The fraction of sp³-hybridized carbons (Fsp3) is 0.478. The summed E-state index contributed by atoms with van der Waals surface area (Å²) in [6.07, 6.45) is -1.24. The van der Waals surface area contributed by atoms with E-state index in [9.17, 15) is 57.8 Å². The van der Waals surface area contributed by atoms with Crippen LogP contribution < -0.4 is 65.9 Å². The lowest BCUT2D eigenvalue weighted by molar-refractivity contribution is -0.142. The Morgan fingerprint density at radius 2 is 1.18 bits per heavy atom.